The maximum absolute atomic E-state index is 12.9. The summed E-state index contributed by atoms with van der Waals surface area (Å²) in [4.78, 5) is 37.2. The molecule has 0 bridgehead atoms. The Hall–Kier alpha value is -3.65. The average Bonchev–Trinajstić information content (AvgIpc) is 3.26. The van der Waals surface area contributed by atoms with E-state index in [0.29, 0.717) is 17.0 Å². The van der Waals surface area contributed by atoms with E-state index in [1.807, 2.05) is 0 Å². The molecular formula is C22H17BrN2O5. The standard InChI is InChI=1S/C22H17BrN2O5/c1-29-22(28)15-4-2-5-17(12-15)24-21(27)19(13-18-6-3-11-30-18)25-20(26)14-7-9-16(23)10-8-14/h2-13H,1H3,(H,24,27)(H,25,26)/b19-13-. The predicted octanol–water partition coefficient (Wildman–Crippen LogP) is 4.24. The molecule has 0 aliphatic carbocycles. The molecule has 0 atom stereocenters. The van der Waals surface area contributed by atoms with Crippen molar-refractivity contribution in [3.8, 4) is 0 Å². The Morgan fingerprint density at radius 2 is 1.77 bits per heavy atom. The SMILES string of the molecule is COC(=O)c1cccc(NC(=O)/C(=C/c2ccco2)NC(=O)c2ccc(Br)cc2)c1. The van der Waals surface area contributed by atoms with Gasteiger partial charge in [-0.3, -0.25) is 9.59 Å². The number of furan rings is 1. The van der Waals surface area contributed by atoms with Crippen molar-refractivity contribution in [2.75, 3.05) is 12.4 Å². The quantitative estimate of drug-likeness (QED) is 0.416. The summed E-state index contributed by atoms with van der Waals surface area (Å²) in [5.41, 5.74) is 1.00. The highest BCUT2D eigenvalue weighted by Crippen LogP contribution is 2.15. The maximum Gasteiger partial charge on any atom is 0.337 e. The summed E-state index contributed by atoms with van der Waals surface area (Å²) in [6.45, 7) is 0. The third-order valence-corrected chi connectivity index (χ3v) is 4.50. The fourth-order valence-corrected chi connectivity index (χ4v) is 2.77. The lowest BCUT2D eigenvalue weighted by molar-refractivity contribution is -0.113. The number of carbonyl (C=O) groups is 3. The molecule has 0 unspecified atom stereocenters. The molecule has 30 heavy (non-hydrogen) atoms. The number of amides is 2. The van der Waals surface area contributed by atoms with Gasteiger partial charge in [-0.05, 0) is 54.6 Å². The van der Waals surface area contributed by atoms with Gasteiger partial charge < -0.3 is 19.8 Å². The molecule has 3 rings (SSSR count). The zero-order valence-electron chi connectivity index (χ0n) is 15.8. The van der Waals surface area contributed by atoms with Gasteiger partial charge in [0.05, 0.1) is 18.9 Å². The molecule has 0 aliphatic heterocycles. The zero-order chi connectivity index (χ0) is 21.5. The number of nitrogens with one attached hydrogen (secondary N) is 2. The second kappa shape index (κ2) is 9.71. The van der Waals surface area contributed by atoms with E-state index >= 15 is 0 Å². The molecule has 0 aliphatic rings. The first-order valence-electron chi connectivity index (χ1n) is 8.78. The first kappa shape index (κ1) is 21.1. The van der Waals surface area contributed by atoms with Crippen LogP contribution in [0.4, 0.5) is 5.69 Å². The number of anilines is 1. The van der Waals surface area contributed by atoms with Crippen molar-refractivity contribution in [3.05, 3.63) is 94.0 Å². The Morgan fingerprint density at radius 3 is 2.43 bits per heavy atom. The number of rotatable bonds is 6. The molecule has 152 valence electrons. The van der Waals surface area contributed by atoms with Crippen molar-refractivity contribution in [2.45, 2.75) is 0 Å². The maximum atomic E-state index is 12.9. The summed E-state index contributed by atoms with van der Waals surface area (Å²) in [6.07, 6.45) is 2.87. The Balaban J connectivity index is 1.83. The molecule has 0 fully saturated rings. The Kier molecular flexibility index (Phi) is 6.82. The minimum Gasteiger partial charge on any atom is -0.465 e. The molecule has 0 spiro atoms. The molecule has 7 nitrogen and oxygen atoms in total. The number of halogens is 1. The zero-order valence-corrected chi connectivity index (χ0v) is 17.4. The van der Waals surface area contributed by atoms with Crippen LogP contribution in [-0.2, 0) is 9.53 Å². The normalized spacial score (nSPS) is 10.9. The van der Waals surface area contributed by atoms with Gasteiger partial charge in [0.1, 0.15) is 11.5 Å². The van der Waals surface area contributed by atoms with E-state index in [4.69, 9.17) is 4.42 Å². The van der Waals surface area contributed by atoms with Gasteiger partial charge in [-0.2, -0.15) is 0 Å². The number of methoxy groups -OCH3 is 1. The lowest BCUT2D eigenvalue weighted by Gasteiger charge is -2.11. The molecule has 1 aromatic heterocycles. The van der Waals surface area contributed by atoms with Gasteiger partial charge in [0.15, 0.2) is 0 Å². The van der Waals surface area contributed by atoms with Crippen LogP contribution in [0.5, 0.6) is 0 Å². The summed E-state index contributed by atoms with van der Waals surface area (Å²) in [6, 6.07) is 16.3. The summed E-state index contributed by atoms with van der Waals surface area (Å²) in [7, 11) is 1.27. The van der Waals surface area contributed by atoms with Gasteiger partial charge in [0.2, 0.25) is 0 Å². The van der Waals surface area contributed by atoms with Crippen LogP contribution < -0.4 is 10.6 Å². The largest absolute Gasteiger partial charge is 0.465 e. The van der Waals surface area contributed by atoms with E-state index in [9.17, 15) is 14.4 Å². The van der Waals surface area contributed by atoms with Gasteiger partial charge in [-0.1, -0.05) is 22.0 Å². The monoisotopic (exact) mass is 468 g/mol. The topological polar surface area (TPSA) is 97.6 Å². The predicted molar refractivity (Wildman–Crippen MR) is 115 cm³/mol. The number of carbonyl (C=O) groups excluding carboxylic acids is 3. The van der Waals surface area contributed by atoms with Gasteiger partial charge in [0, 0.05) is 21.8 Å². The first-order chi connectivity index (χ1) is 14.5. The third-order valence-electron chi connectivity index (χ3n) is 3.97. The molecule has 2 N–H and O–H groups in total. The van der Waals surface area contributed by atoms with Crippen molar-refractivity contribution in [1.29, 1.82) is 0 Å². The lowest BCUT2D eigenvalue weighted by Crippen LogP contribution is -2.30. The Labute approximate surface area is 180 Å². The van der Waals surface area contributed by atoms with E-state index in [0.717, 1.165) is 4.47 Å². The first-order valence-corrected chi connectivity index (χ1v) is 9.57. The molecule has 8 heteroatoms. The molecule has 3 aromatic rings. The molecule has 0 saturated heterocycles. The van der Waals surface area contributed by atoms with Gasteiger partial charge in [-0.15, -0.1) is 0 Å². The molecule has 0 saturated carbocycles. The molecule has 0 radical (unpaired) electrons. The van der Waals surface area contributed by atoms with Crippen molar-refractivity contribution in [1.82, 2.24) is 5.32 Å². The van der Waals surface area contributed by atoms with E-state index in [1.54, 1.807) is 54.6 Å². The van der Waals surface area contributed by atoms with Crippen molar-refractivity contribution in [3.63, 3.8) is 0 Å². The minimum absolute atomic E-state index is 0.0265. The van der Waals surface area contributed by atoms with Crippen molar-refractivity contribution in [2.24, 2.45) is 0 Å². The minimum atomic E-state index is -0.584. The van der Waals surface area contributed by atoms with Crippen LogP contribution in [0, 0.1) is 0 Å². The van der Waals surface area contributed by atoms with E-state index in [2.05, 4.69) is 31.3 Å². The fraction of sp³-hybridized carbons (Fsp3) is 0.0455. The summed E-state index contributed by atoms with van der Waals surface area (Å²) < 4.78 is 10.8. The van der Waals surface area contributed by atoms with Gasteiger partial charge >= 0.3 is 5.97 Å². The van der Waals surface area contributed by atoms with Gasteiger partial charge in [-0.25, -0.2) is 4.79 Å². The Bertz CT molecular complexity index is 1090. The average molecular weight is 469 g/mol. The Morgan fingerprint density at radius 1 is 1.00 bits per heavy atom. The highest BCUT2D eigenvalue weighted by molar-refractivity contribution is 9.10. The highest BCUT2D eigenvalue weighted by Gasteiger charge is 2.16. The number of esters is 1. The second-order valence-electron chi connectivity index (χ2n) is 6.06. The number of hydrogen-bond donors (Lipinski definition) is 2. The van der Waals surface area contributed by atoms with Crippen LogP contribution in [0.2, 0.25) is 0 Å². The molecular weight excluding hydrogens is 452 g/mol. The van der Waals surface area contributed by atoms with E-state index in [1.165, 1.54) is 25.5 Å². The lowest BCUT2D eigenvalue weighted by atomic mass is 10.2. The van der Waals surface area contributed by atoms with Crippen LogP contribution >= 0.6 is 15.9 Å². The smallest absolute Gasteiger partial charge is 0.337 e. The van der Waals surface area contributed by atoms with Crippen molar-refractivity contribution < 1.29 is 23.5 Å². The molecule has 2 aromatic carbocycles. The van der Waals surface area contributed by atoms with Crippen LogP contribution in [0.15, 0.2) is 81.5 Å². The second-order valence-corrected chi connectivity index (χ2v) is 6.98. The van der Waals surface area contributed by atoms with Crippen LogP contribution in [0.3, 0.4) is 0 Å². The summed E-state index contributed by atoms with van der Waals surface area (Å²) in [5, 5.41) is 5.26. The number of benzene rings is 2. The van der Waals surface area contributed by atoms with Crippen molar-refractivity contribution >= 4 is 45.5 Å². The summed E-state index contributed by atoms with van der Waals surface area (Å²) in [5.74, 6) is -1.18. The molecule has 1 heterocycles. The summed E-state index contributed by atoms with van der Waals surface area (Å²) >= 11 is 3.31. The van der Waals surface area contributed by atoms with Crippen LogP contribution in [0.1, 0.15) is 26.5 Å². The molecule has 2 amide bonds. The van der Waals surface area contributed by atoms with Crippen LogP contribution in [0.25, 0.3) is 6.08 Å². The van der Waals surface area contributed by atoms with E-state index < -0.39 is 17.8 Å². The third kappa shape index (κ3) is 5.45. The fourth-order valence-electron chi connectivity index (χ4n) is 2.51. The van der Waals surface area contributed by atoms with E-state index in [-0.39, 0.29) is 11.3 Å². The van der Waals surface area contributed by atoms with Gasteiger partial charge in [0.25, 0.3) is 11.8 Å². The number of hydrogen-bond acceptors (Lipinski definition) is 5. The highest BCUT2D eigenvalue weighted by atomic mass is 79.9. The number of ether oxygens (including phenoxy) is 1. The van der Waals surface area contributed by atoms with Crippen LogP contribution in [-0.4, -0.2) is 24.9 Å².